The summed E-state index contributed by atoms with van der Waals surface area (Å²) in [6, 6.07) is 18.8. The molecule has 0 atom stereocenters. The lowest BCUT2D eigenvalue weighted by Gasteiger charge is -2.35. The number of likely N-dealkylation sites (N-methyl/N-ethyl adjacent to an activating group) is 1. The first-order chi connectivity index (χ1) is 16.0. The summed E-state index contributed by atoms with van der Waals surface area (Å²) in [5, 5.41) is 2.26. The van der Waals surface area contributed by atoms with Crippen LogP contribution in [0, 0.1) is 5.82 Å². The van der Waals surface area contributed by atoms with Gasteiger partial charge in [-0.15, -0.1) is 0 Å². The Balaban J connectivity index is 1.61. The lowest BCUT2D eigenvalue weighted by Crippen LogP contribution is -2.47. The Labute approximate surface area is 196 Å². The van der Waals surface area contributed by atoms with Gasteiger partial charge in [0.05, 0.1) is 17.1 Å². The molecule has 1 N–H and O–H groups in total. The van der Waals surface area contributed by atoms with Crippen LogP contribution in [-0.4, -0.2) is 54.8 Å². The number of nitrogens with one attached hydrogen (secondary N) is 1. The number of nitrogens with zero attached hydrogens (tertiary/aromatic N) is 4. The molecule has 0 spiro atoms. The molecule has 2 aliphatic heterocycles. The number of para-hydroxylation sites is 1. The van der Waals surface area contributed by atoms with E-state index in [2.05, 4.69) is 22.3 Å². The third kappa shape index (κ3) is 4.29. The van der Waals surface area contributed by atoms with Crippen LogP contribution in [0.1, 0.15) is 15.9 Å². The first-order valence-corrected chi connectivity index (χ1v) is 11.2. The Morgan fingerprint density at radius 1 is 0.970 bits per heavy atom. The zero-order valence-corrected chi connectivity index (χ0v) is 18.9. The van der Waals surface area contributed by atoms with E-state index in [4.69, 9.17) is 16.6 Å². The molecule has 0 radical (unpaired) electrons. The first-order valence-electron chi connectivity index (χ1n) is 10.8. The predicted octanol–water partition coefficient (Wildman–Crippen LogP) is 4.60. The minimum atomic E-state index is -0.466. The molecule has 3 aromatic rings. The van der Waals surface area contributed by atoms with Gasteiger partial charge in [0.15, 0.2) is 0 Å². The van der Waals surface area contributed by atoms with E-state index in [0.29, 0.717) is 16.4 Å². The van der Waals surface area contributed by atoms with Gasteiger partial charge in [-0.05, 0) is 55.6 Å². The van der Waals surface area contributed by atoms with Crippen LogP contribution in [0.25, 0.3) is 0 Å². The number of halogens is 2. The number of aliphatic imine (C=N–C) groups is 1. The summed E-state index contributed by atoms with van der Waals surface area (Å²) < 4.78 is 13.7. The molecule has 6 nitrogen and oxygen atoms in total. The van der Waals surface area contributed by atoms with Gasteiger partial charge < -0.3 is 9.80 Å². The number of fused-ring (bicyclic) bond motifs is 2. The summed E-state index contributed by atoms with van der Waals surface area (Å²) >= 11 is 6.32. The lowest BCUT2D eigenvalue weighted by molar-refractivity contribution is 0.0953. The zero-order chi connectivity index (χ0) is 22.9. The van der Waals surface area contributed by atoms with Gasteiger partial charge in [-0.2, -0.15) is 0 Å². The van der Waals surface area contributed by atoms with Crippen LogP contribution in [0.15, 0.2) is 71.7 Å². The molecular weight excluding hydrogens is 441 g/mol. The average molecular weight is 464 g/mol. The largest absolute Gasteiger partial charge is 0.353 e. The van der Waals surface area contributed by atoms with Gasteiger partial charge in [0.25, 0.3) is 5.91 Å². The van der Waals surface area contributed by atoms with E-state index in [9.17, 15) is 9.18 Å². The van der Waals surface area contributed by atoms with E-state index in [0.717, 1.165) is 43.3 Å². The summed E-state index contributed by atoms with van der Waals surface area (Å²) in [5.41, 5.74) is 6.18. The molecule has 0 unspecified atom stereocenters. The Morgan fingerprint density at radius 3 is 2.55 bits per heavy atom. The molecule has 8 heteroatoms. The van der Waals surface area contributed by atoms with Crippen molar-refractivity contribution in [3.05, 3.63) is 88.7 Å². The maximum Gasteiger partial charge on any atom is 0.270 e. The average Bonchev–Trinajstić information content (AvgIpc) is 2.94. The van der Waals surface area contributed by atoms with Crippen molar-refractivity contribution in [3.63, 3.8) is 0 Å². The number of piperazine rings is 1. The Hall–Kier alpha value is -3.42. The number of anilines is 2. The molecule has 5 rings (SSSR count). The molecule has 3 aromatic carbocycles. The zero-order valence-electron chi connectivity index (χ0n) is 18.1. The minimum absolute atomic E-state index is 0.229. The number of carbonyl (C=O) groups is 1. The fourth-order valence-corrected chi connectivity index (χ4v) is 4.28. The smallest absolute Gasteiger partial charge is 0.270 e. The summed E-state index contributed by atoms with van der Waals surface area (Å²) in [6.45, 7) is 3.55. The second kappa shape index (κ2) is 8.84. The van der Waals surface area contributed by atoms with Crippen LogP contribution in [0.3, 0.4) is 0 Å². The fourth-order valence-electron chi connectivity index (χ4n) is 4.11. The summed E-state index contributed by atoms with van der Waals surface area (Å²) in [6.07, 6.45) is 0. The van der Waals surface area contributed by atoms with E-state index < -0.39 is 11.7 Å². The molecular formula is C25H23ClFN5O. The third-order valence-electron chi connectivity index (χ3n) is 5.89. The SMILES string of the molecule is CN1CCN(C2=Nc3cc(Cl)ccc3N(NC(=O)c3cccc(F)c3)c3ccccc32)CC1. The van der Waals surface area contributed by atoms with Gasteiger partial charge in [0.2, 0.25) is 0 Å². The number of rotatable bonds is 2. The molecule has 2 heterocycles. The molecule has 0 aromatic heterocycles. The first kappa shape index (κ1) is 21.4. The van der Waals surface area contributed by atoms with Crippen molar-refractivity contribution >= 4 is 40.4 Å². The highest BCUT2D eigenvalue weighted by Gasteiger charge is 2.28. The second-order valence-corrected chi connectivity index (χ2v) is 8.60. The lowest BCUT2D eigenvalue weighted by atomic mass is 10.1. The number of benzene rings is 3. The highest BCUT2D eigenvalue weighted by molar-refractivity contribution is 6.31. The molecule has 1 saturated heterocycles. The Bertz CT molecular complexity index is 1240. The van der Waals surface area contributed by atoms with E-state index in [-0.39, 0.29) is 5.56 Å². The topological polar surface area (TPSA) is 51.2 Å². The molecule has 33 heavy (non-hydrogen) atoms. The van der Waals surface area contributed by atoms with Crippen molar-refractivity contribution in [1.82, 2.24) is 15.2 Å². The standard InChI is InChI=1S/C25H23ClFN5O/c1-30-11-13-31(14-12-30)24-20-7-2-3-8-22(20)32(23-10-9-18(26)16-21(23)28-24)29-25(33)17-5-4-6-19(27)15-17/h2-10,15-16H,11-14H2,1H3,(H,29,33). The van der Waals surface area contributed by atoms with Gasteiger partial charge >= 0.3 is 0 Å². The monoisotopic (exact) mass is 463 g/mol. The van der Waals surface area contributed by atoms with Crippen molar-refractivity contribution in [1.29, 1.82) is 0 Å². The molecule has 2 aliphatic rings. The summed E-state index contributed by atoms with van der Waals surface area (Å²) in [7, 11) is 2.11. The maximum atomic E-state index is 13.7. The van der Waals surface area contributed by atoms with Crippen LogP contribution in [0.2, 0.25) is 5.02 Å². The highest BCUT2D eigenvalue weighted by atomic mass is 35.5. The molecule has 0 aliphatic carbocycles. The second-order valence-electron chi connectivity index (χ2n) is 8.16. The number of hydrogen-bond acceptors (Lipinski definition) is 5. The fraction of sp³-hybridized carbons (Fsp3) is 0.200. The van der Waals surface area contributed by atoms with Crippen molar-refractivity contribution in [3.8, 4) is 0 Å². The van der Waals surface area contributed by atoms with Crippen LogP contribution in [0.5, 0.6) is 0 Å². The van der Waals surface area contributed by atoms with Crippen LogP contribution < -0.4 is 10.4 Å². The van der Waals surface area contributed by atoms with Crippen molar-refractivity contribution in [2.45, 2.75) is 0 Å². The highest BCUT2D eigenvalue weighted by Crippen LogP contribution is 2.40. The van der Waals surface area contributed by atoms with Gasteiger partial charge in [-0.3, -0.25) is 15.2 Å². The van der Waals surface area contributed by atoms with E-state index >= 15 is 0 Å². The number of carbonyl (C=O) groups excluding carboxylic acids is 1. The minimum Gasteiger partial charge on any atom is -0.353 e. The van der Waals surface area contributed by atoms with Crippen molar-refractivity contribution in [2.24, 2.45) is 4.99 Å². The summed E-state index contributed by atoms with van der Waals surface area (Å²) in [4.78, 5) is 22.7. The van der Waals surface area contributed by atoms with Crippen LogP contribution >= 0.6 is 11.6 Å². The molecule has 0 saturated carbocycles. The molecule has 1 amide bonds. The van der Waals surface area contributed by atoms with Gasteiger partial charge in [0.1, 0.15) is 11.7 Å². The van der Waals surface area contributed by atoms with Gasteiger partial charge in [-0.25, -0.2) is 9.38 Å². The number of amides is 1. The molecule has 1 fully saturated rings. The van der Waals surface area contributed by atoms with Gasteiger partial charge in [0, 0.05) is 42.3 Å². The number of hydrazine groups is 1. The van der Waals surface area contributed by atoms with E-state index in [1.165, 1.54) is 18.2 Å². The van der Waals surface area contributed by atoms with Crippen molar-refractivity contribution < 1.29 is 9.18 Å². The van der Waals surface area contributed by atoms with Gasteiger partial charge in [-0.1, -0.05) is 29.8 Å². The summed E-state index contributed by atoms with van der Waals surface area (Å²) in [5.74, 6) is -0.0512. The van der Waals surface area contributed by atoms with Crippen LogP contribution in [-0.2, 0) is 0 Å². The van der Waals surface area contributed by atoms with E-state index in [1.54, 1.807) is 23.2 Å². The molecule has 168 valence electrons. The van der Waals surface area contributed by atoms with E-state index in [1.807, 2.05) is 30.3 Å². The Morgan fingerprint density at radius 2 is 1.76 bits per heavy atom. The number of amidine groups is 1. The predicted molar refractivity (Wildman–Crippen MR) is 129 cm³/mol. The molecule has 0 bridgehead atoms. The normalized spacial score (nSPS) is 15.9. The third-order valence-corrected chi connectivity index (χ3v) is 6.13. The maximum absolute atomic E-state index is 13.7. The van der Waals surface area contributed by atoms with Crippen molar-refractivity contribution in [2.75, 3.05) is 38.2 Å². The number of hydrogen-bond donors (Lipinski definition) is 1. The van der Waals surface area contributed by atoms with Crippen LogP contribution in [0.4, 0.5) is 21.5 Å². The Kier molecular flexibility index (Phi) is 5.74. The quantitative estimate of drug-likeness (QED) is 0.603.